The lowest BCUT2D eigenvalue weighted by Gasteiger charge is -2.10. The first-order valence-corrected chi connectivity index (χ1v) is 8.25. The van der Waals surface area contributed by atoms with Gasteiger partial charge in [0.15, 0.2) is 0 Å². The van der Waals surface area contributed by atoms with Crippen LogP contribution in [0.15, 0.2) is 96.1 Å². The number of carbonyl (C=O) groups excluding carboxylic acids is 1. The molecule has 3 rings (SSSR count). The van der Waals surface area contributed by atoms with E-state index in [1.54, 1.807) is 24.3 Å². The monoisotopic (exact) mass is 345 g/mol. The Bertz CT molecular complexity index is 850. The van der Waals surface area contributed by atoms with Gasteiger partial charge in [0.2, 0.25) is 0 Å². The number of hydrogen-bond acceptors (Lipinski definition) is 4. The first-order chi connectivity index (χ1) is 12.8. The number of ether oxygens (including phenoxy) is 1. The molecule has 0 atom stereocenters. The van der Waals surface area contributed by atoms with E-state index in [-0.39, 0.29) is 0 Å². The van der Waals surface area contributed by atoms with Crippen LogP contribution in [0.2, 0.25) is 0 Å². The zero-order chi connectivity index (χ0) is 18.0. The fourth-order valence-corrected chi connectivity index (χ4v) is 2.31. The second-order valence-corrected chi connectivity index (χ2v) is 5.46. The van der Waals surface area contributed by atoms with Crippen molar-refractivity contribution in [2.75, 3.05) is 11.9 Å². The van der Waals surface area contributed by atoms with E-state index in [0.29, 0.717) is 18.0 Å². The molecule has 0 fully saturated rings. The van der Waals surface area contributed by atoms with Crippen molar-refractivity contribution < 1.29 is 9.53 Å². The normalized spacial score (nSPS) is 10.8. The van der Waals surface area contributed by atoms with E-state index in [1.165, 1.54) is 0 Å². The molecule has 0 saturated carbocycles. The third kappa shape index (κ3) is 5.21. The van der Waals surface area contributed by atoms with Crippen molar-refractivity contribution in [2.24, 2.45) is 5.10 Å². The third-order valence-corrected chi connectivity index (χ3v) is 3.58. The van der Waals surface area contributed by atoms with Crippen molar-refractivity contribution in [3.63, 3.8) is 0 Å². The maximum Gasteiger partial charge on any atom is 0.433 e. The molecule has 5 nitrogen and oxygen atoms in total. The molecule has 130 valence electrons. The standard InChI is InChI=1S/C21H19N3O2/c25-21(26-19-14-8-3-9-15-19)24-23-20(17-10-4-1-5-11-17)16-22-18-12-6-2-7-13-18/h1-15,22H,16H2,(H,24,25)/b23-20+. The van der Waals surface area contributed by atoms with E-state index in [4.69, 9.17) is 4.74 Å². The summed E-state index contributed by atoms with van der Waals surface area (Å²) in [5, 5.41) is 7.53. The largest absolute Gasteiger partial charge is 0.433 e. The van der Waals surface area contributed by atoms with Gasteiger partial charge >= 0.3 is 6.09 Å². The number of hydrazone groups is 1. The summed E-state index contributed by atoms with van der Waals surface area (Å²) in [6.07, 6.45) is -0.635. The van der Waals surface area contributed by atoms with Crippen LogP contribution in [-0.2, 0) is 0 Å². The molecule has 0 spiro atoms. The predicted octanol–water partition coefficient (Wildman–Crippen LogP) is 4.29. The SMILES string of the molecule is O=C(N/N=C(\CNc1ccccc1)c1ccccc1)Oc1ccccc1. The van der Waals surface area contributed by atoms with Crippen molar-refractivity contribution in [2.45, 2.75) is 0 Å². The molecule has 3 aromatic rings. The summed E-state index contributed by atoms with van der Waals surface area (Å²) >= 11 is 0. The molecule has 0 aliphatic carbocycles. The van der Waals surface area contributed by atoms with Gasteiger partial charge in [-0.3, -0.25) is 0 Å². The Labute approximate surface area is 152 Å². The maximum atomic E-state index is 12.0. The summed E-state index contributed by atoms with van der Waals surface area (Å²) in [7, 11) is 0. The van der Waals surface area contributed by atoms with Gasteiger partial charge in [-0.15, -0.1) is 0 Å². The van der Waals surface area contributed by atoms with Crippen molar-refractivity contribution in [3.05, 3.63) is 96.6 Å². The summed E-state index contributed by atoms with van der Waals surface area (Å²) in [6, 6.07) is 28.3. The van der Waals surface area contributed by atoms with E-state index >= 15 is 0 Å². The Balaban J connectivity index is 1.68. The number of rotatable bonds is 6. The van der Waals surface area contributed by atoms with E-state index < -0.39 is 6.09 Å². The molecule has 0 aliphatic heterocycles. The van der Waals surface area contributed by atoms with Crippen LogP contribution in [0.1, 0.15) is 5.56 Å². The van der Waals surface area contributed by atoms with E-state index in [9.17, 15) is 4.79 Å². The third-order valence-electron chi connectivity index (χ3n) is 3.58. The molecule has 0 saturated heterocycles. The maximum absolute atomic E-state index is 12.0. The lowest BCUT2D eigenvalue weighted by atomic mass is 10.1. The van der Waals surface area contributed by atoms with Gasteiger partial charge in [-0.25, -0.2) is 10.2 Å². The topological polar surface area (TPSA) is 62.7 Å². The lowest BCUT2D eigenvalue weighted by molar-refractivity contribution is 0.201. The molecular formula is C21H19N3O2. The minimum atomic E-state index is -0.635. The zero-order valence-corrected chi connectivity index (χ0v) is 14.1. The first kappa shape index (κ1) is 17.2. The number of nitrogens with zero attached hydrogens (tertiary/aromatic N) is 1. The summed E-state index contributed by atoms with van der Waals surface area (Å²) in [4.78, 5) is 12.0. The zero-order valence-electron chi connectivity index (χ0n) is 14.1. The van der Waals surface area contributed by atoms with Crippen LogP contribution in [0.25, 0.3) is 0 Å². The molecule has 5 heteroatoms. The van der Waals surface area contributed by atoms with E-state index in [1.807, 2.05) is 66.7 Å². The van der Waals surface area contributed by atoms with Crippen LogP contribution in [0.3, 0.4) is 0 Å². The van der Waals surface area contributed by atoms with Gasteiger partial charge in [0, 0.05) is 5.69 Å². The minimum absolute atomic E-state index is 0.458. The molecule has 0 aromatic heterocycles. The predicted molar refractivity (Wildman–Crippen MR) is 104 cm³/mol. The molecule has 2 N–H and O–H groups in total. The highest BCUT2D eigenvalue weighted by atomic mass is 16.6. The van der Waals surface area contributed by atoms with Gasteiger partial charge in [0.05, 0.1) is 12.3 Å². The number of benzene rings is 3. The van der Waals surface area contributed by atoms with E-state index in [2.05, 4.69) is 15.8 Å². The Hall–Kier alpha value is -3.60. The highest BCUT2D eigenvalue weighted by Crippen LogP contribution is 2.09. The molecule has 3 aromatic carbocycles. The molecule has 0 aliphatic rings. The highest BCUT2D eigenvalue weighted by molar-refractivity contribution is 6.03. The van der Waals surface area contributed by atoms with Crippen molar-refractivity contribution in [1.82, 2.24) is 5.43 Å². The summed E-state index contributed by atoms with van der Waals surface area (Å²) < 4.78 is 5.19. The van der Waals surface area contributed by atoms with Crippen molar-refractivity contribution >= 4 is 17.5 Å². The van der Waals surface area contributed by atoms with Gasteiger partial charge < -0.3 is 10.1 Å². The molecule has 1 amide bonds. The molecule has 0 bridgehead atoms. The Morgan fingerprint density at radius 2 is 1.38 bits per heavy atom. The lowest BCUT2D eigenvalue weighted by Crippen LogP contribution is -2.26. The van der Waals surface area contributed by atoms with Crippen LogP contribution < -0.4 is 15.5 Å². The molecule has 0 heterocycles. The van der Waals surface area contributed by atoms with E-state index in [0.717, 1.165) is 11.3 Å². The van der Waals surface area contributed by atoms with Crippen LogP contribution in [0, 0.1) is 0 Å². The van der Waals surface area contributed by atoms with Crippen LogP contribution in [0.4, 0.5) is 10.5 Å². The smallest absolute Gasteiger partial charge is 0.409 e. The summed E-state index contributed by atoms with van der Waals surface area (Å²) in [5.41, 5.74) is 5.03. The number of carbonyl (C=O) groups is 1. The van der Waals surface area contributed by atoms with Crippen molar-refractivity contribution in [1.29, 1.82) is 0 Å². The molecule has 0 unspecified atom stereocenters. The Morgan fingerprint density at radius 1 is 0.808 bits per heavy atom. The number of para-hydroxylation sites is 2. The number of anilines is 1. The number of hydrogen-bond donors (Lipinski definition) is 2. The summed E-state index contributed by atoms with van der Waals surface area (Å²) in [6.45, 7) is 0.458. The molecular weight excluding hydrogens is 326 g/mol. The van der Waals surface area contributed by atoms with Gasteiger partial charge in [0.25, 0.3) is 0 Å². The van der Waals surface area contributed by atoms with Gasteiger partial charge in [-0.1, -0.05) is 66.7 Å². The van der Waals surface area contributed by atoms with Gasteiger partial charge in [-0.2, -0.15) is 5.10 Å². The fraction of sp³-hybridized carbons (Fsp3) is 0.0476. The quantitative estimate of drug-likeness (QED) is 0.517. The van der Waals surface area contributed by atoms with Crippen LogP contribution in [0.5, 0.6) is 5.75 Å². The Kier molecular flexibility index (Phi) is 5.99. The van der Waals surface area contributed by atoms with Gasteiger partial charge in [0.1, 0.15) is 5.75 Å². The average Bonchev–Trinajstić information content (AvgIpc) is 2.70. The number of nitrogens with one attached hydrogen (secondary N) is 2. The Morgan fingerprint density at radius 3 is 2.04 bits per heavy atom. The second kappa shape index (κ2) is 9.03. The van der Waals surface area contributed by atoms with Crippen LogP contribution >= 0.6 is 0 Å². The summed E-state index contributed by atoms with van der Waals surface area (Å²) in [5.74, 6) is 0.462. The molecule has 0 radical (unpaired) electrons. The second-order valence-electron chi connectivity index (χ2n) is 5.46. The minimum Gasteiger partial charge on any atom is -0.409 e. The number of amides is 1. The average molecular weight is 345 g/mol. The van der Waals surface area contributed by atoms with Crippen LogP contribution in [-0.4, -0.2) is 18.3 Å². The van der Waals surface area contributed by atoms with Crippen molar-refractivity contribution in [3.8, 4) is 5.75 Å². The molecule has 26 heavy (non-hydrogen) atoms. The highest BCUT2D eigenvalue weighted by Gasteiger charge is 2.07. The van der Waals surface area contributed by atoms with Gasteiger partial charge in [-0.05, 0) is 29.8 Å². The fourth-order valence-electron chi connectivity index (χ4n) is 2.31. The first-order valence-electron chi connectivity index (χ1n) is 8.25.